The molecule has 2 nitrogen and oxygen atoms in total. The third kappa shape index (κ3) is 2.35. The summed E-state index contributed by atoms with van der Waals surface area (Å²) in [5.74, 6) is 0.292. The molecule has 1 aromatic heterocycles. The second-order valence-electron chi connectivity index (χ2n) is 5.09. The molecular formula is C19H13NOSe. The number of benzene rings is 3. The molecule has 1 N–H and O–H groups in total. The van der Waals surface area contributed by atoms with Crippen LogP contribution in [0.3, 0.4) is 0 Å². The Labute approximate surface area is 134 Å². The van der Waals surface area contributed by atoms with E-state index >= 15 is 0 Å². The third-order valence-corrected chi connectivity index (χ3v) is 5.83. The van der Waals surface area contributed by atoms with E-state index in [1.54, 1.807) is 6.07 Å². The molecule has 0 saturated heterocycles. The number of fused-ring (bicyclic) bond motifs is 2. The molecule has 106 valence electrons. The molecule has 4 rings (SSSR count). The molecule has 4 aromatic rings. The van der Waals surface area contributed by atoms with Crippen molar-refractivity contribution in [1.82, 2.24) is 4.98 Å². The number of hydrogen-bond acceptors (Lipinski definition) is 2. The molecule has 0 unspecified atom stereocenters. The van der Waals surface area contributed by atoms with Gasteiger partial charge in [0.15, 0.2) is 0 Å². The molecule has 0 saturated carbocycles. The number of aromatic hydroxyl groups is 1. The van der Waals surface area contributed by atoms with Gasteiger partial charge in [-0.2, -0.15) is 0 Å². The molecule has 0 bridgehead atoms. The van der Waals surface area contributed by atoms with Crippen molar-refractivity contribution in [2.45, 2.75) is 0 Å². The van der Waals surface area contributed by atoms with Gasteiger partial charge in [-0.1, -0.05) is 0 Å². The Morgan fingerprint density at radius 3 is 2.59 bits per heavy atom. The van der Waals surface area contributed by atoms with Gasteiger partial charge in [0.2, 0.25) is 0 Å². The standard InChI is InChI=1S/C19H13NOSe/c21-18-9-4-8-17-16(18)11-14(12-20-17)22-19-10-3-6-13-5-1-2-7-15(13)19/h1-12,21H. The van der Waals surface area contributed by atoms with Crippen molar-refractivity contribution >= 4 is 45.6 Å². The van der Waals surface area contributed by atoms with Crippen molar-refractivity contribution in [3.63, 3.8) is 0 Å². The van der Waals surface area contributed by atoms with Crippen LogP contribution in [0.4, 0.5) is 0 Å². The summed E-state index contributed by atoms with van der Waals surface area (Å²) in [6.07, 6.45) is 1.92. The van der Waals surface area contributed by atoms with E-state index in [0.29, 0.717) is 5.75 Å². The van der Waals surface area contributed by atoms with Crippen molar-refractivity contribution in [1.29, 1.82) is 0 Å². The minimum atomic E-state index is 0.157. The van der Waals surface area contributed by atoms with E-state index in [4.69, 9.17) is 0 Å². The molecule has 0 amide bonds. The van der Waals surface area contributed by atoms with Crippen LogP contribution in [-0.2, 0) is 0 Å². The Kier molecular flexibility index (Phi) is 3.30. The second-order valence-corrected chi connectivity index (χ2v) is 7.43. The number of rotatable bonds is 2. The fraction of sp³-hybridized carbons (Fsp3) is 0. The van der Waals surface area contributed by atoms with Gasteiger partial charge in [-0.15, -0.1) is 0 Å². The molecule has 0 radical (unpaired) electrons. The maximum atomic E-state index is 10.0. The summed E-state index contributed by atoms with van der Waals surface area (Å²) in [5.41, 5.74) is 0.831. The Hall–Kier alpha value is -2.35. The molecule has 0 atom stereocenters. The predicted molar refractivity (Wildman–Crippen MR) is 92.4 cm³/mol. The quantitative estimate of drug-likeness (QED) is 0.564. The topological polar surface area (TPSA) is 33.1 Å². The average molecular weight is 350 g/mol. The first-order chi connectivity index (χ1) is 10.8. The number of pyridine rings is 1. The van der Waals surface area contributed by atoms with Crippen molar-refractivity contribution in [3.05, 3.63) is 72.9 Å². The summed E-state index contributed by atoms with van der Waals surface area (Å²) < 4.78 is 2.50. The van der Waals surface area contributed by atoms with Gasteiger partial charge in [-0.3, -0.25) is 0 Å². The van der Waals surface area contributed by atoms with Crippen molar-refractivity contribution < 1.29 is 5.11 Å². The first-order valence-electron chi connectivity index (χ1n) is 7.05. The molecule has 0 aliphatic rings. The first-order valence-corrected chi connectivity index (χ1v) is 8.76. The van der Waals surface area contributed by atoms with Gasteiger partial charge < -0.3 is 0 Å². The zero-order valence-corrected chi connectivity index (χ0v) is 13.4. The normalized spacial score (nSPS) is 11.1. The van der Waals surface area contributed by atoms with Crippen molar-refractivity contribution in [2.24, 2.45) is 0 Å². The van der Waals surface area contributed by atoms with E-state index < -0.39 is 0 Å². The molecular weight excluding hydrogens is 337 g/mol. The van der Waals surface area contributed by atoms with Crippen LogP contribution in [-0.4, -0.2) is 25.0 Å². The van der Waals surface area contributed by atoms with E-state index in [0.717, 1.165) is 15.4 Å². The Balaban J connectivity index is 1.81. The van der Waals surface area contributed by atoms with Crippen LogP contribution in [0.15, 0.2) is 72.9 Å². The maximum absolute atomic E-state index is 10.0. The monoisotopic (exact) mass is 351 g/mol. The zero-order chi connectivity index (χ0) is 14.9. The molecule has 1 heterocycles. The molecule has 3 aromatic carbocycles. The number of phenolic OH excluding ortho intramolecular Hbond substituents is 1. The Bertz CT molecular complexity index is 976. The summed E-state index contributed by atoms with van der Waals surface area (Å²) in [6.45, 7) is 0. The fourth-order valence-electron chi connectivity index (χ4n) is 2.58. The van der Waals surface area contributed by atoms with Gasteiger partial charge in [0.25, 0.3) is 0 Å². The van der Waals surface area contributed by atoms with Gasteiger partial charge in [0.05, 0.1) is 0 Å². The van der Waals surface area contributed by atoms with E-state index in [1.165, 1.54) is 15.2 Å². The van der Waals surface area contributed by atoms with Crippen LogP contribution < -0.4 is 8.92 Å². The van der Waals surface area contributed by atoms with Gasteiger partial charge in [0.1, 0.15) is 0 Å². The minimum absolute atomic E-state index is 0.157. The summed E-state index contributed by atoms with van der Waals surface area (Å²) in [4.78, 5) is 4.47. The van der Waals surface area contributed by atoms with Crippen molar-refractivity contribution in [2.75, 3.05) is 0 Å². The average Bonchev–Trinajstić information content (AvgIpc) is 2.56. The number of nitrogens with zero attached hydrogens (tertiary/aromatic N) is 1. The number of phenols is 1. The van der Waals surface area contributed by atoms with Gasteiger partial charge >= 0.3 is 134 Å². The van der Waals surface area contributed by atoms with Gasteiger partial charge in [0, 0.05) is 0 Å². The molecule has 0 aliphatic heterocycles. The molecule has 0 fully saturated rings. The third-order valence-electron chi connectivity index (χ3n) is 3.66. The predicted octanol–water partition coefficient (Wildman–Crippen LogP) is 2.75. The number of hydrogen-bond donors (Lipinski definition) is 1. The Morgan fingerprint density at radius 1 is 0.818 bits per heavy atom. The SMILES string of the molecule is Oc1cccc2ncc([Se]c3cccc4ccccc34)cc12. The second kappa shape index (κ2) is 5.45. The van der Waals surface area contributed by atoms with E-state index in [1.807, 2.05) is 18.3 Å². The van der Waals surface area contributed by atoms with Gasteiger partial charge in [-0.25, -0.2) is 0 Å². The molecule has 3 heteroatoms. The van der Waals surface area contributed by atoms with Crippen LogP contribution in [0.1, 0.15) is 0 Å². The van der Waals surface area contributed by atoms with E-state index in [9.17, 15) is 5.11 Å². The van der Waals surface area contributed by atoms with Crippen LogP contribution in [0, 0.1) is 0 Å². The summed E-state index contributed by atoms with van der Waals surface area (Å²) in [6, 6.07) is 22.4. The van der Waals surface area contributed by atoms with Crippen LogP contribution in [0.2, 0.25) is 0 Å². The Morgan fingerprint density at radius 2 is 1.64 bits per heavy atom. The van der Waals surface area contributed by atoms with Crippen LogP contribution in [0.25, 0.3) is 21.7 Å². The molecule has 22 heavy (non-hydrogen) atoms. The molecule has 0 spiro atoms. The first kappa shape index (κ1) is 13.3. The summed E-state index contributed by atoms with van der Waals surface area (Å²) in [7, 11) is 0. The van der Waals surface area contributed by atoms with Crippen LogP contribution in [0.5, 0.6) is 5.75 Å². The summed E-state index contributed by atoms with van der Waals surface area (Å²) in [5, 5.41) is 13.4. The van der Waals surface area contributed by atoms with Crippen LogP contribution >= 0.6 is 0 Å². The van der Waals surface area contributed by atoms with Gasteiger partial charge in [-0.05, 0) is 0 Å². The number of aromatic nitrogens is 1. The molecule has 0 aliphatic carbocycles. The fourth-order valence-corrected chi connectivity index (χ4v) is 4.63. The van der Waals surface area contributed by atoms with E-state index in [2.05, 4.69) is 53.5 Å². The van der Waals surface area contributed by atoms with E-state index in [-0.39, 0.29) is 15.0 Å². The summed E-state index contributed by atoms with van der Waals surface area (Å²) >= 11 is 0.157. The van der Waals surface area contributed by atoms with Crippen molar-refractivity contribution in [3.8, 4) is 5.75 Å². The zero-order valence-electron chi connectivity index (χ0n) is 11.7.